The van der Waals surface area contributed by atoms with E-state index >= 15 is 0 Å². The van der Waals surface area contributed by atoms with Crippen LogP contribution in [0.15, 0.2) is 110 Å². The zero-order valence-corrected chi connectivity index (χ0v) is 31.9. The van der Waals surface area contributed by atoms with Gasteiger partial charge in [0.05, 0.1) is 17.0 Å². The van der Waals surface area contributed by atoms with Crippen LogP contribution in [0.4, 0.5) is 17.1 Å². The Hall–Kier alpha value is -6.66. The Morgan fingerprint density at radius 3 is 2.20 bits per heavy atom. The quantitative estimate of drug-likeness (QED) is 0.0880. The number of phenolic OH excluding ortho intramolecular Hbond substituents is 4. The first kappa shape index (κ1) is 36.7. The van der Waals surface area contributed by atoms with Crippen LogP contribution in [0.5, 0.6) is 23.0 Å². The van der Waals surface area contributed by atoms with Gasteiger partial charge in [0.1, 0.15) is 5.69 Å². The Morgan fingerprint density at radius 1 is 0.782 bits per heavy atom. The zero-order valence-electron chi connectivity index (χ0n) is 31.9. The molecule has 276 valence electrons. The molecular formula is C49H46N2O4. The molecule has 1 aromatic heterocycles. The molecule has 0 atom stereocenters. The lowest BCUT2D eigenvalue weighted by Crippen LogP contribution is -2.12. The van der Waals surface area contributed by atoms with E-state index in [0.717, 1.165) is 74.1 Å². The molecule has 0 saturated carbocycles. The standard InChI is InChI=1S/C49H46N2O4/c1-7-10-18-33-28-41(39-22-15-14-21-38(39)32(33)6)44-46(52)48(54)45(49(55)47(44)53)50(36-26-25-30(4)31(5)27-36)34-19-16-20-35(29-34)51-42(17-8-2)37(9-3)40-23-12-11-13-24-43(40)51/h8-22,24-29,52-55H,3,7,23H2,1-2,4-6H3/b17-8-,18-10-. The fourth-order valence-electron chi connectivity index (χ4n) is 7.67. The number of aromatic hydroxyl groups is 4. The number of nitrogens with zero attached hydrogens (tertiary/aromatic N) is 2. The molecule has 0 spiro atoms. The van der Waals surface area contributed by atoms with Crippen molar-refractivity contribution in [2.24, 2.45) is 0 Å². The molecule has 7 rings (SSSR count). The van der Waals surface area contributed by atoms with E-state index in [2.05, 4.69) is 36.3 Å². The Balaban J connectivity index is 1.50. The van der Waals surface area contributed by atoms with Crippen LogP contribution in [-0.4, -0.2) is 25.0 Å². The fourth-order valence-corrected chi connectivity index (χ4v) is 7.67. The van der Waals surface area contributed by atoms with E-state index in [1.165, 1.54) is 0 Å². The van der Waals surface area contributed by atoms with Crippen LogP contribution in [0.25, 0.3) is 51.9 Å². The van der Waals surface area contributed by atoms with E-state index in [4.69, 9.17) is 0 Å². The number of aryl methyl sites for hydroxylation is 3. The number of phenols is 4. The van der Waals surface area contributed by atoms with Crippen molar-refractivity contribution in [2.75, 3.05) is 4.90 Å². The first-order valence-corrected chi connectivity index (χ1v) is 18.6. The predicted molar refractivity (Wildman–Crippen MR) is 230 cm³/mol. The average Bonchev–Trinajstić information content (AvgIpc) is 3.29. The third-order valence-electron chi connectivity index (χ3n) is 10.6. The predicted octanol–water partition coefficient (Wildman–Crippen LogP) is 12.7. The van der Waals surface area contributed by atoms with Crippen molar-refractivity contribution in [2.45, 2.75) is 47.5 Å². The molecule has 0 aliphatic heterocycles. The van der Waals surface area contributed by atoms with Crippen molar-refractivity contribution in [3.05, 3.63) is 155 Å². The van der Waals surface area contributed by atoms with Gasteiger partial charge in [0.15, 0.2) is 23.0 Å². The first-order chi connectivity index (χ1) is 26.6. The van der Waals surface area contributed by atoms with Gasteiger partial charge in [-0.25, -0.2) is 0 Å². The second-order valence-electron chi connectivity index (χ2n) is 13.9. The summed E-state index contributed by atoms with van der Waals surface area (Å²) < 4.78 is 2.18. The monoisotopic (exact) mass is 726 g/mol. The van der Waals surface area contributed by atoms with Gasteiger partial charge < -0.3 is 29.9 Å². The molecule has 6 heteroatoms. The Bertz CT molecular complexity index is 2590. The summed E-state index contributed by atoms with van der Waals surface area (Å²) in [6.45, 7) is 14.2. The number of rotatable bonds is 9. The molecule has 0 amide bonds. The topological polar surface area (TPSA) is 89.1 Å². The SMILES string of the molecule is C=Cc1c2c(n(-c3cccc(N(c4ccc(C)c(C)c4)c4c(O)c(O)c(-c5cc(/C=C\CC)c(C)c6ccccc56)c(O)c4O)c3)c1/C=C\C)C=CC=CC2. The van der Waals surface area contributed by atoms with Crippen LogP contribution in [0, 0.1) is 20.8 Å². The lowest BCUT2D eigenvalue weighted by Gasteiger charge is -2.29. The molecule has 0 fully saturated rings. The number of hydrogen-bond acceptors (Lipinski definition) is 5. The molecular weight excluding hydrogens is 681 g/mol. The molecule has 0 unspecified atom stereocenters. The lowest BCUT2D eigenvalue weighted by molar-refractivity contribution is 0.377. The van der Waals surface area contributed by atoms with Crippen LogP contribution < -0.4 is 4.90 Å². The summed E-state index contributed by atoms with van der Waals surface area (Å²) in [6.07, 6.45) is 19.9. The summed E-state index contributed by atoms with van der Waals surface area (Å²) in [7, 11) is 0. The molecule has 1 heterocycles. The van der Waals surface area contributed by atoms with E-state index in [-0.39, 0.29) is 11.3 Å². The van der Waals surface area contributed by atoms with Crippen LogP contribution in [0.1, 0.15) is 65.0 Å². The van der Waals surface area contributed by atoms with Crippen LogP contribution >= 0.6 is 0 Å². The number of fused-ring (bicyclic) bond motifs is 2. The van der Waals surface area contributed by atoms with Gasteiger partial charge >= 0.3 is 0 Å². The molecule has 6 nitrogen and oxygen atoms in total. The second-order valence-corrected chi connectivity index (χ2v) is 13.9. The van der Waals surface area contributed by atoms with Crippen LogP contribution in [0.3, 0.4) is 0 Å². The van der Waals surface area contributed by atoms with Crippen molar-refractivity contribution >= 4 is 52.1 Å². The van der Waals surface area contributed by atoms with E-state index < -0.39 is 23.0 Å². The number of benzene rings is 5. The Kier molecular flexibility index (Phi) is 10.0. The van der Waals surface area contributed by atoms with Gasteiger partial charge in [-0.15, -0.1) is 0 Å². The number of aromatic nitrogens is 1. The molecule has 1 aliphatic rings. The minimum atomic E-state index is -0.573. The zero-order chi connectivity index (χ0) is 39.0. The van der Waals surface area contributed by atoms with Crippen LogP contribution in [-0.2, 0) is 6.42 Å². The van der Waals surface area contributed by atoms with E-state index in [1.807, 2.05) is 137 Å². The fraction of sp³-hybridized carbons (Fsp3) is 0.143. The van der Waals surface area contributed by atoms with Gasteiger partial charge in [-0.3, -0.25) is 0 Å². The molecule has 4 N–H and O–H groups in total. The highest BCUT2D eigenvalue weighted by atomic mass is 16.3. The summed E-state index contributed by atoms with van der Waals surface area (Å²) in [4.78, 5) is 1.68. The lowest BCUT2D eigenvalue weighted by atomic mass is 9.90. The van der Waals surface area contributed by atoms with Gasteiger partial charge in [0, 0.05) is 22.6 Å². The highest BCUT2D eigenvalue weighted by molar-refractivity contribution is 6.05. The van der Waals surface area contributed by atoms with Crippen molar-refractivity contribution in [1.29, 1.82) is 0 Å². The number of allylic oxidation sites excluding steroid dienone is 5. The molecule has 1 aliphatic carbocycles. The summed E-state index contributed by atoms with van der Waals surface area (Å²) in [6, 6.07) is 23.2. The van der Waals surface area contributed by atoms with Crippen molar-refractivity contribution in [3.63, 3.8) is 0 Å². The second kappa shape index (κ2) is 15.0. The summed E-state index contributed by atoms with van der Waals surface area (Å²) >= 11 is 0. The van der Waals surface area contributed by atoms with Gasteiger partial charge in [0.2, 0.25) is 0 Å². The smallest absolute Gasteiger partial charge is 0.186 e. The summed E-state index contributed by atoms with van der Waals surface area (Å²) in [5, 5.41) is 49.9. The maximum atomic E-state index is 12.1. The van der Waals surface area contributed by atoms with Gasteiger partial charge in [-0.05, 0) is 133 Å². The Morgan fingerprint density at radius 2 is 1.51 bits per heavy atom. The molecule has 5 aromatic carbocycles. The Labute approximate surface area is 322 Å². The number of hydrogen-bond donors (Lipinski definition) is 4. The van der Waals surface area contributed by atoms with E-state index in [1.54, 1.807) is 4.90 Å². The average molecular weight is 727 g/mol. The number of anilines is 3. The highest BCUT2D eigenvalue weighted by Crippen LogP contribution is 2.59. The van der Waals surface area contributed by atoms with Crippen molar-refractivity contribution in [3.8, 4) is 39.8 Å². The van der Waals surface area contributed by atoms with Gasteiger partial charge in [-0.2, -0.15) is 0 Å². The normalized spacial score (nSPS) is 12.5. The van der Waals surface area contributed by atoms with Crippen LogP contribution in [0.2, 0.25) is 0 Å². The molecule has 0 radical (unpaired) electrons. The highest BCUT2D eigenvalue weighted by Gasteiger charge is 2.31. The van der Waals surface area contributed by atoms with Gasteiger partial charge in [0.25, 0.3) is 0 Å². The third kappa shape index (κ3) is 6.29. The molecule has 0 bridgehead atoms. The van der Waals surface area contributed by atoms with Crippen molar-refractivity contribution in [1.82, 2.24) is 4.57 Å². The molecule has 0 saturated heterocycles. The summed E-state index contributed by atoms with van der Waals surface area (Å²) in [5.74, 6) is -2.24. The maximum absolute atomic E-state index is 12.1. The minimum Gasteiger partial charge on any atom is -0.504 e. The van der Waals surface area contributed by atoms with Crippen molar-refractivity contribution < 1.29 is 20.4 Å². The van der Waals surface area contributed by atoms with E-state index in [0.29, 0.717) is 16.9 Å². The summed E-state index contributed by atoms with van der Waals surface area (Å²) in [5.41, 5.74) is 10.5. The maximum Gasteiger partial charge on any atom is 0.186 e. The molecule has 6 aromatic rings. The largest absolute Gasteiger partial charge is 0.504 e. The minimum absolute atomic E-state index is 0.0572. The van der Waals surface area contributed by atoms with E-state index in [9.17, 15) is 20.4 Å². The molecule has 55 heavy (non-hydrogen) atoms. The first-order valence-electron chi connectivity index (χ1n) is 18.6. The van der Waals surface area contributed by atoms with Gasteiger partial charge in [-0.1, -0.05) is 92.4 Å². The third-order valence-corrected chi connectivity index (χ3v) is 10.6.